The van der Waals surface area contributed by atoms with E-state index in [1.54, 1.807) is 6.08 Å². The molecule has 3 aliphatic rings. The SMILES string of the molecule is CC1=C(C(=O)O)C=CC(C)(N2CCC(N3CCC(=O)CC3)CC2)C1. The van der Waals surface area contributed by atoms with Crippen LogP contribution < -0.4 is 0 Å². The minimum Gasteiger partial charge on any atom is -0.478 e. The Labute approximate surface area is 144 Å². The smallest absolute Gasteiger partial charge is 0.335 e. The Bertz CT molecular complexity index is 577. The summed E-state index contributed by atoms with van der Waals surface area (Å²) in [5.74, 6) is -0.427. The second-order valence-corrected chi connectivity index (χ2v) is 7.66. The average Bonchev–Trinajstić information content (AvgIpc) is 2.55. The molecule has 0 bridgehead atoms. The molecule has 1 aliphatic carbocycles. The van der Waals surface area contributed by atoms with E-state index in [0.717, 1.165) is 51.0 Å². The molecule has 5 nitrogen and oxygen atoms in total. The maximum atomic E-state index is 11.4. The molecule has 0 radical (unpaired) electrons. The van der Waals surface area contributed by atoms with Crippen LogP contribution in [0.25, 0.3) is 0 Å². The van der Waals surface area contributed by atoms with Crippen molar-refractivity contribution in [2.75, 3.05) is 26.2 Å². The third-order valence-electron chi connectivity index (χ3n) is 5.98. The van der Waals surface area contributed by atoms with Gasteiger partial charge in [-0.2, -0.15) is 0 Å². The van der Waals surface area contributed by atoms with E-state index in [0.29, 0.717) is 30.2 Å². The largest absolute Gasteiger partial charge is 0.478 e. The van der Waals surface area contributed by atoms with Crippen LogP contribution in [-0.4, -0.2) is 64.4 Å². The van der Waals surface area contributed by atoms with Crippen LogP contribution in [0.2, 0.25) is 0 Å². The van der Waals surface area contributed by atoms with Crippen LogP contribution in [0.1, 0.15) is 46.0 Å². The molecule has 132 valence electrons. The number of nitrogens with zero attached hydrogens (tertiary/aromatic N) is 2. The summed E-state index contributed by atoms with van der Waals surface area (Å²) in [6, 6.07) is 0.594. The average molecular weight is 332 g/mol. The molecule has 2 aliphatic heterocycles. The fourth-order valence-corrected chi connectivity index (χ4v) is 4.45. The lowest BCUT2D eigenvalue weighted by Crippen LogP contribution is -2.54. The van der Waals surface area contributed by atoms with Gasteiger partial charge in [-0.25, -0.2) is 4.79 Å². The molecule has 5 heteroatoms. The zero-order valence-corrected chi connectivity index (χ0v) is 14.8. The van der Waals surface area contributed by atoms with Gasteiger partial charge in [-0.15, -0.1) is 0 Å². The van der Waals surface area contributed by atoms with E-state index in [9.17, 15) is 14.7 Å². The number of Topliss-reactive ketones (excluding diaryl/α,β-unsaturated/α-hetero) is 1. The molecule has 1 unspecified atom stereocenters. The van der Waals surface area contributed by atoms with Crippen LogP contribution in [-0.2, 0) is 9.59 Å². The fourth-order valence-electron chi connectivity index (χ4n) is 4.45. The lowest BCUT2D eigenvalue weighted by atomic mass is 9.82. The molecule has 2 saturated heterocycles. The summed E-state index contributed by atoms with van der Waals surface area (Å²) >= 11 is 0. The fraction of sp³-hybridized carbons (Fsp3) is 0.684. The van der Waals surface area contributed by atoms with Crippen molar-refractivity contribution in [3.8, 4) is 0 Å². The first-order chi connectivity index (χ1) is 11.4. The van der Waals surface area contributed by atoms with Gasteiger partial charge < -0.3 is 5.11 Å². The molecule has 2 heterocycles. The summed E-state index contributed by atoms with van der Waals surface area (Å²) in [6.45, 7) is 8.06. The molecule has 24 heavy (non-hydrogen) atoms. The van der Waals surface area contributed by atoms with E-state index in [2.05, 4.69) is 22.8 Å². The second-order valence-electron chi connectivity index (χ2n) is 7.66. The van der Waals surface area contributed by atoms with Gasteiger partial charge in [0.15, 0.2) is 0 Å². The molecule has 0 aromatic rings. The minimum atomic E-state index is -0.829. The predicted molar refractivity (Wildman–Crippen MR) is 92.9 cm³/mol. The Morgan fingerprint density at radius 1 is 1.21 bits per heavy atom. The first-order valence-electron chi connectivity index (χ1n) is 9.02. The summed E-state index contributed by atoms with van der Waals surface area (Å²) in [5, 5.41) is 9.23. The van der Waals surface area contributed by atoms with Crippen LogP contribution in [0, 0.1) is 0 Å². The van der Waals surface area contributed by atoms with Crippen LogP contribution in [0.4, 0.5) is 0 Å². The van der Waals surface area contributed by atoms with Gasteiger partial charge in [0, 0.05) is 50.6 Å². The maximum Gasteiger partial charge on any atom is 0.335 e. The monoisotopic (exact) mass is 332 g/mol. The lowest BCUT2D eigenvalue weighted by molar-refractivity contribution is -0.132. The molecule has 0 aromatic carbocycles. The summed E-state index contributed by atoms with van der Waals surface area (Å²) in [4.78, 5) is 27.6. The van der Waals surface area contributed by atoms with Crippen LogP contribution >= 0.6 is 0 Å². The van der Waals surface area contributed by atoms with Crippen molar-refractivity contribution in [2.24, 2.45) is 0 Å². The zero-order chi connectivity index (χ0) is 17.3. The number of hydrogen-bond donors (Lipinski definition) is 1. The number of piperidine rings is 2. The van der Waals surface area contributed by atoms with E-state index in [1.807, 2.05) is 6.92 Å². The summed E-state index contributed by atoms with van der Waals surface area (Å²) < 4.78 is 0. The van der Waals surface area contributed by atoms with E-state index in [1.165, 1.54) is 0 Å². The van der Waals surface area contributed by atoms with E-state index >= 15 is 0 Å². The van der Waals surface area contributed by atoms with Gasteiger partial charge in [-0.3, -0.25) is 14.6 Å². The number of carbonyl (C=O) groups excluding carboxylic acids is 1. The van der Waals surface area contributed by atoms with Crippen molar-refractivity contribution in [1.82, 2.24) is 9.80 Å². The van der Waals surface area contributed by atoms with Gasteiger partial charge in [0.25, 0.3) is 0 Å². The Morgan fingerprint density at radius 2 is 1.83 bits per heavy atom. The molecular formula is C19H28N2O3. The van der Waals surface area contributed by atoms with E-state index < -0.39 is 5.97 Å². The lowest BCUT2D eigenvalue weighted by Gasteiger charge is -2.47. The normalized spacial score (nSPS) is 30.8. The minimum absolute atomic E-state index is 0.0775. The first-order valence-corrected chi connectivity index (χ1v) is 9.02. The molecule has 0 amide bonds. The third-order valence-corrected chi connectivity index (χ3v) is 5.98. The highest BCUT2D eigenvalue weighted by molar-refractivity contribution is 5.91. The van der Waals surface area contributed by atoms with E-state index in [4.69, 9.17) is 0 Å². The van der Waals surface area contributed by atoms with Crippen LogP contribution in [0.15, 0.2) is 23.3 Å². The highest BCUT2D eigenvalue weighted by Gasteiger charge is 2.37. The number of carboxylic acids is 1. The Morgan fingerprint density at radius 3 is 2.38 bits per heavy atom. The number of aliphatic carboxylic acids is 1. The number of carboxylic acid groups (broad SMARTS) is 1. The number of rotatable bonds is 3. The molecular weight excluding hydrogens is 304 g/mol. The Hall–Kier alpha value is -1.46. The van der Waals surface area contributed by atoms with Gasteiger partial charge in [0.05, 0.1) is 5.57 Å². The molecule has 2 fully saturated rings. The molecule has 0 aromatic heterocycles. The summed E-state index contributed by atoms with van der Waals surface area (Å²) in [7, 11) is 0. The highest BCUT2D eigenvalue weighted by atomic mass is 16.4. The quantitative estimate of drug-likeness (QED) is 0.859. The third kappa shape index (κ3) is 3.47. The van der Waals surface area contributed by atoms with Crippen LogP contribution in [0.5, 0.6) is 0 Å². The predicted octanol–water partition coefficient (Wildman–Crippen LogP) is 2.24. The molecule has 1 N–H and O–H groups in total. The van der Waals surface area contributed by atoms with Crippen molar-refractivity contribution in [3.63, 3.8) is 0 Å². The highest BCUT2D eigenvalue weighted by Crippen LogP contribution is 2.34. The van der Waals surface area contributed by atoms with Gasteiger partial charge in [0.1, 0.15) is 5.78 Å². The topological polar surface area (TPSA) is 60.9 Å². The van der Waals surface area contributed by atoms with Crippen molar-refractivity contribution in [2.45, 2.75) is 57.5 Å². The van der Waals surface area contributed by atoms with Gasteiger partial charge >= 0.3 is 5.97 Å². The van der Waals surface area contributed by atoms with Gasteiger partial charge in [0.2, 0.25) is 0 Å². The number of carbonyl (C=O) groups is 2. The maximum absolute atomic E-state index is 11.4. The van der Waals surface area contributed by atoms with Crippen molar-refractivity contribution >= 4 is 11.8 Å². The van der Waals surface area contributed by atoms with Gasteiger partial charge in [-0.1, -0.05) is 11.6 Å². The van der Waals surface area contributed by atoms with Gasteiger partial charge in [-0.05, 0) is 39.2 Å². The first kappa shape index (κ1) is 17.4. The molecule has 3 rings (SSSR count). The van der Waals surface area contributed by atoms with Crippen molar-refractivity contribution < 1.29 is 14.7 Å². The zero-order valence-electron chi connectivity index (χ0n) is 14.8. The molecule has 0 spiro atoms. The summed E-state index contributed by atoms with van der Waals surface area (Å²) in [5.41, 5.74) is 1.33. The number of ketones is 1. The molecule has 0 saturated carbocycles. The van der Waals surface area contributed by atoms with Crippen LogP contribution in [0.3, 0.4) is 0 Å². The number of likely N-dealkylation sites (tertiary alicyclic amines) is 2. The molecule has 1 atom stereocenters. The van der Waals surface area contributed by atoms with Crippen molar-refractivity contribution in [1.29, 1.82) is 0 Å². The number of hydrogen-bond acceptors (Lipinski definition) is 4. The summed E-state index contributed by atoms with van der Waals surface area (Å²) in [6.07, 6.45) is 8.32. The van der Waals surface area contributed by atoms with E-state index in [-0.39, 0.29) is 5.54 Å². The Balaban J connectivity index is 1.58. The standard InChI is InChI=1S/C19H28N2O3/c1-14-13-19(2,8-3-17(14)18(23)24)21-11-4-15(5-12-21)20-9-6-16(22)7-10-20/h3,8,15H,4-7,9-13H2,1-2H3,(H,23,24). The Kier molecular flexibility index (Phi) is 4.92. The second kappa shape index (κ2) is 6.81. The van der Waals surface area contributed by atoms with Crippen molar-refractivity contribution in [3.05, 3.63) is 23.3 Å².